The third kappa shape index (κ3) is 3.26. The Hall–Kier alpha value is -4.12. The number of aryl methyl sites for hydroxylation is 1. The molecule has 1 N–H and O–H groups in total. The molecular formula is C25H18N4O. The van der Waals surface area contributed by atoms with Crippen LogP contribution in [0.25, 0.3) is 44.7 Å². The van der Waals surface area contributed by atoms with Crippen LogP contribution in [0.2, 0.25) is 0 Å². The molecule has 0 saturated carbocycles. The second-order valence-electron chi connectivity index (χ2n) is 7.16. The van der Waals surface area contributed by atoms with Crippen molar-refractivity contribution in [1.29, 1.82) is 0 Å². The molecule has 1 aromatic carbocycles. The summed E-state index contributed by atoms with van der Waals surface area (Å²) >= 11 is 0. The van der Waals surface area contributed by atoms with Crippen LogP contribution in [0.5, 0.6) is 0 Å². The van der Waals surface area contributed by atoms with Gasteiger partial charge in [-0.05, 0) is 48.4 Å². The Labute approximate surface area is 173 Å². The SMILES string of the molecule is Cc1cccc(-c2cc(-c3cncc(-c4ccc(C=O)cc4)c3)c3cc[nH]c3n2)n1. The highest BCUT2D eigenvalue weighted by atomic mass is 16.1. The van der Waals surface area contributed by atoms with Gasteiger partial charge in [-0.25, -0.2) is 4.98 Å². The zero-order valence-electron chi connectivity index (χ0n) is 16.3. The van der Waals surface area contributed by atoms with Gasteiger partial charge in [-0.1, -0.05) is 30.3 Å². The number of aldehydes is 1. The Balaban J connectivity index is 1.65. The minimum absolute atomic E-state index is 0.654. The zero-order chi connectivity index (χ0) is 20.5. The fraction of sp³-hybridized carbons (Fsp3) is 0.0400. The number of H-pyrrole nitrogens is 1. The molecule has 0 amide bonds. The first-order chi connectivity index (χ1) is 14.7. The van der Waals surface area contributed by atoms with E-state index in [9.17, 15) is 4.79 Å². The molecule has 0 atom stereocenters. The highest BCUT2D eigenvalue weighted by molar-refractivity contribution is 5.95. The molecule has 0 bridgehead atoms. The first kappa shape index (κ1) is 17.9. The van der Waals surface area contributed by atoms with E-state index in [0.717, 1.165) is 56.7 Å². The zero-order valence-corrected chi connectivity index (χ0v) is 16.3. The minimum atomic E-state index is 0.654. The number of fused-ring (bicyclic) bond motifs is 1. The lowest BCUT2D eigenvalue weighted by atomic mass is 9.99. The van der Waals surface area contributed by atoms with Crippen LogP contribution in [-0.2, 0) is 0 Å². The standard InChI is InChI=1S/C25H18N4O/c1-16-3-2-4-23(28-16)24-12-22(21-9-10-27-25(21)29-24)20-11-19(13-26-14-20)18-7-5-17(15-30)6-8-18/h2-15H,1H3,(H,27,29). The summed E-state index contributed by atoms with van der Waals surface area (Å²) in [6.45, 7) is 1.97. The lowest BCUT2D eigenvalue weighted by molar-refractivity contribution is 0.112. The van der Waals surface area contributed by atoms with E-state index in [2.05, 4.69) is 27.1 Å². The molecule has 30 heavy (non-hydrogen) atoms. The number of nitrogens with zero attached hydrogens (tertiary/aromatic N) is 3. The molecular weight excluding hydrogens is 372 g/mol. The van der Waals surface area contributed by atoms with Crippen LogP contribution in [0.15, 0.2) is 79.3 Å². The van der Waals surface area contributed by atoms with Gasteiger partial charge in [0.05, 0.1) is 11.4 Å². The second kappa shape index (κ2) is 7.37. The normalized spacial score (nSPS) is 11.0. The van der Waals surface area contributed by atoms with Gasteiger partial charge in [-0.2, -0.15) is 0 Å². The van der Waals surface area contributed by atoms with Crippen molar-refractivity contribution < 1.29 is 4.79 Å². The summed E-state index contributed by atoms with van der Waals surface area (Å²) in [7, 11) is 0. The number of carbonyl (C=O) groups is 1. The molecule has 4 heterocycles. The summed E-state index contributed by atoms with van der Waals surface area (Å²) in [6.07, 6.45) is 6.43. The van der Waals surface area contributed by atoms with Crippen molar-refractivity contribution >= 4 is 17.3 Å². The van der Waals surface area contributed by atoms with Gasteiger partial charge in [-0.3, -0.25) is 14.8 Å². The maximum absolute atomic E-state index is 10.9. The molecule has 0 aliphatic rings. The van der Waals surface area contributed by atoms with Gasteiger partial charge >= 0.3 is 0 Å². The lowest BCUT2D eigenvalue weighted by Crippen LogP contribution is -1.93. The number of aromatic amines is 1. The molecule has 0 radical (unpaired) electrons. The molecule has 0 aliphatic heterocycles. The number of hydrogen-bond donors (Lipinski definition) is 1. The maximum Gasteiger partial charge on any atom is 0.150 e. The fourth-order valence-electron chi connectivity index (χ4n) is 3.59. The lowest BCUT2D eigenvalue weighted by Gasteiger charge is -2.09. The summed E-state index contributed by atoms with van der Waals surface area (Å²) in [5, 5.41) is 1.03. The van der Waals surface area contributed by atoms with Gasteiger partial charge in [0.25, 0.3) is 0 Å². The van der Waals surface area contributed by atoms with Crippen LogP contribution in [0, 0.1) is 6.92 Å². The summed E-state index contributed by atoms with van der Waals surface area (Å²) in [4.78, 5) is 28.0. The first-order valence-corrected chi connectivity index (χ1v) is 9.64. The van der Waals surface area contributed by atoms with E-state index < -0.39 is 0 Å². The summed E-state index contributed by atoms with van der Waals surface area (Å²) in [5.41, 5.74) is 8.09. The molecule has 0 aliphatic carbocycles. The van der Waals surface area contributed by atoms with Crippen LogP contribution in [0.1, 0.15) is 16.1 Å². The van der Waals surface area contributed by atoms with E-state index in [-0.39, 0.29) is 0 Å². The van der Waals surface area contributed by atoms with Crippen molar-refractivity contribution in [3.63, 3.8) is 0 Å². The summed E-state index contributed by atoms with van der Waals surface area (Å²) in [6, 6.07) is 19.6. The summed E-state index contributed by atoms with van der Waals surface area (Å²) < 4.78 is 0. The number of hydrogen-bond acceptors (Lipinski definition) is 4. The number of pyridine rings is 3. The van der Waals surface area contributed by atoms with Crippen LogP contribution < -0.4 is 0 Å². The van der Waals surface area contributed by atoms with Crippen LogP contribution >= 0.6 is 0 Å². The molecule has 5 aromatic rings. The van der Waals surface area contributed by atoms with Gasteiger partial charge in [0.2, 0.25) is 0 Å². The number of aromatic nitrogens is 4. The van der Waals surface area contributed by atoms with Crippen LogP contribution in [0.4, 0.5) is 0 Å². The Morgan fingerprint density at radius 3 is 2.47 bits per heavy atom. The molecule has 5 heteroatoms. The largest absolute Gasteiger partial charge is 0.346 e. The Morgan fingerprint density at radius 1 is 0.833 bits per heavy atom. The number of benzene rings is 1. The van der Waals surface area contributed by atoms with Gasteiger partial charge in [0.15, 0.2) is 0 Å². The number of nitrogens with one attached hydrogen (secondary N) is 1. The highest BCUT2D eigenvalue weighted by Crippen LogP contribution is 2.33. The van der Waals surface area contributed by atoms with E-state index in [0.29, 0.717) is 5.56 Å². The van der Waals surface area contributed by atoms with E-state index >= 15 is 0 Å². The first-order valence-electron chi connectivity index (χ1n) is 9.64. The fourth-order valence-corrected chi connectivity index (χ4v) is 3.59. The van der Waals surface area contributed by atoms with Gasteiger partial charge in [-0.15, -0.1) is 0 Å². The third-order valence-corrected chi connectivity index (χ3v) is 5.11. The van der Waals surface area contributed by atoms with E-state index in [1.165, 1.54) is 0 Å². The Bertz CT molecular complexity index is 1370. The van der Waals surface area contributed by atoms with Crippen molar-refractivity contribution in [3.8, 4) is 33.6 Å². The number of carbonyl (C=O) groups excluding carboxylic acids is 1. The van der Waals surface area contributed by atoms with Gasteiger partial charge in [0.1, 0.15) is 11.9 Å². The van der Waals surface area contributed by atoms with E-state index in [1.54, 1.807) is 0 Å². The molecule has 144 valence electrons. The average molecular weight is 390 g/mol. The molecule has 0 saturated heterocycles. The highest BCUT2D eigenvalue weighted by Gasteiger charge is 2.12. The molecule has 0 unspecified atom stereocenters. The molecule has 0 spiro atoms. The van der Waals surface area contributed by atoms with Crippen molar-refractivity contribution in [2.75, 3.05) is 0 Å². The predicted molar refractivity (Wildman–Crippen MR) is 118 cm³/mol. The molecule has 5 nitrogen and oxygen atoms in total. The van der Waals surface area contributed by atoms with Crippen molar-refractivity contribution in [3.05, 3.63) is 90.5 Å². The quantitative estimate of drug-likeness (QED) is 0.413. The van der Waals surface area contributed by atoms with Crippen LogP contribution in [-0.4, -0.2) is 26.2 Å². The second-order valence-corrected chi connectivity index (χ2v) is 7.16. The van der Waals surface area contributed by atoms with Crippen molar-refractivity contribution in [2.24, 2.45) is 0 Å². The predicted octanol–water partition coefficient (Wildman–Crippen LogP) is 5.47. The molecule has 5 rings (SSSR count). The molecule has 0 fully saturated rings. The van der Waals surface area contributed by atoms with Crippen molar-refractivity contribution in [2.45, 2.75) is 6.92 Å². The van der Waals surface area contributed by atoms with Gasteiger partial charge < -0.3 is 4.98 Å². The van der Waals surface area contributed by atoms with E-state index in [1.807, 2.05) is 74.0 Å². The average Bonchev–Trinajstić information content (AvgIpc) is 3.27. The number of rotatable bonds is 4. The Kier molecular flexibility index (Phi) is 4.41. The minimum Gasteiger partial charge on any atom is -0.346 e. The molecule has 4 aromatic heterocycles. The monoisotopic (exact) mass is 390 g/mol. The summed E-state index contributed by atoms with van der Waals surface area (Å²) in [5.74, 6) is 0. The van der Waals surface area contributed by atoms with Crippen molar-refractivity contribution in [1.82, 2.24) is 19.9 Å². The topological polar surface area (TPSA) is 71.5 Å². The Morgan fingerprint density at radius 2 is 1.67 bits per heavy atom. The van der Waals surface area contributed by atoms with E-state index in [4.69, 9.17) is 4.98 Å². The van der Waals surface area contributed by atoms with Gasteiger partial charge in [0, 0.05) is 46.4 Å². The maximum atomic E-state index is 10.9. The third-order valence-electron chi connectivity index (χ3n) is 5.11. The van der Waals surface area contributed by atoms with Crippen LogP contribution in [0.3, 0.4) is 0 Å². The smallest absolute Gasteiger partial charge is 0.150 e.